The van der Waals surface area contributed by atoms with Gasteiger partial charge in [-0.1, -0.05) is 78.2 Å². The Balaban J connectivity index is 0. The van der Waals surface area contributed by atoms with Gasteiger partial charge in [0.05, 0.1) is 6.61 Å². The normalized spacial score (nSPS) is 10.1. The molecule has 0 rings (SSSR count). The van der Waals surface area contributed by atoms with Crippen LogP contribution in [0.1, 0.15) is 90.9 Å². The molecule has 0 radical (unpaired) electrons. The highest BCUT2D eigenvalue weighted by Gasteiger charge is 1.95. The zero-order valence-electron chi connectivity index (χ0n) is 15.3. The van der Waals surface area contributed by atoms with Gasteiger partial charge in [0.15, 0.2) is 6.29 Å². The molecule has 0 amide bonds. The van der Waals surface area contributed by atoms with E-state index in [2.05, 4.69) is 20.4 Å². The quantitative estimate of drug-likeness (QED) is 0.209. The van der Waals surface area contributed by atoms with Crippen molar-refractivity contribution in [3.8, 4) is 0 Å². The summed E-state index contributed by atoms with van der Waals surface area (Å²) in [4.78, 5) is 10.7. The monoisotopic (exact) mass is 330 g/mol. The van der Waals surface area contributed by atoms with Gasteiger partial charge in [0.2, 0.25) is 0 Å². The molecule has 0 aromatic rings. The standard InChI is InChI=1S/C13H24O2.C6H14O2/c1-3-5-6-7-8-9-10-11-12-15-13(14)4-2;1-2-3-4-5-6(7)8/h4H,2-3,5-12H2,1H3;6-8H,2-5H2,1H3. The maximum Gasteiger partial charge on any atom is 0.330 e. The summed E-state index contributed by atoms with van der Waals surface area (Å²) < 4.78 is 4.88. The Morgan fingerprint density at radius 2 is 1.39 bits per heavy atom. The van der Waals surface area contributed by atoms with Crippen molar-refractivity contribution in [2.45, 2.75) is 97.2 Å². The molecule has 0 heterocycles. The van der Waals surface area contributed by atoms with Gasteiger partial charge in [0, 0.05) is 6.08 Å². The number of hydrogen-bond donors (Lipinski definition) is 2. The molecule has 0 aliphatic heterocycles. The fraction of sp³-hybridized carbons (Fsp3) is 0.842. The average molecular weight is 331 g/mol. The van der Waals surface area contributed by atoms with Crippen LogP contribution >= 0.6 is 0 Å². The summed E-state index contributed by atoms with van der Waals surface area (Å²) in [6.45, 7) is 8.20. The molecule has 0 unspecified atom stereocenters. The van der Waals surface area contributed by atoms with Gasteiger partial charge in [0.1, 0.15) is 0 Å². The van der Waals surface area contributed by atoms with Gasteiger partial charge in [-0.3, -0.25) is 0 Å². The third kappa shape index (κ3) is 26.4. The van der Waals surface area contributed by atoms with E-state index in [0.717, 1.165) is 32.1 Å². The highest BCUT2D eigenvalue weighted by molar-refractivity contribution is 5.81. The number of esters is 1. The molecule has 0 aliphatic carbocycles. The van der Waals surface area contributed by atoms with E-state index in [-0.39, 0.29) is 5.97 Å². The Bertz CT molecular complexity index is 252. The summed E-state index contributed by atoms with van der Waals surface area (Å²) >= 11 is 0. The number of aliphatic hydroxyl groups excluding tert-OH is 1. The van der Waals surface area contributed by atoms with E-state index in [0.29, 0.717) is 13.0 Å². The first kappa shape index (κ1) is 24.4. The first-order valence-corrected chi connectivity index (χ1v) is 9.23. The summed E-state index contributed by atoms with van der Waals surface area (Å²) in [5.41, 5.74) is 0. The second-order valence-corrected chi connectivity index (χ2v) is 5.82. The van der Waals surface area contributed by atoms with Crippen molar-refractivity contribution in [3.05, 3.63) is 12.7 Å². The van der Waals surface area contributed by atoms with Gasteiger partial charge >= 0.3 is 5.97 Å². The second-order valence-electron chi connectivity index (χ2n) is 5.82. The van der Waals surface area contributed by atoms with Crippen LogP contribution in [0.3, 0.4) is 0 Å². The fourth-order valence-electron chi connectivity index (χ4n) is 2.04. The average Bonchev–Trinajstić information content (AvgIpc) is 2.53. The van der Waals surface area contributed by atoms with Gasteiger partial charge in [-0.05, 0) is 19.3 Å². The number of hydrogen-bond acceptors (Lipinski definition) is 4. The Labute approximate surface area is 142 Å². The lowest BCUT2D eigenvalue weighted by atomic mass is 10.1. The van der Waals surface area contributed by atoms with Crippen LogP contribution in [-0.2, 0) is 9.53 Å². The maximum absolute atomic E-state index is 10.7. The van der Waals surface area contributed by atoms with E-state index in [4.69, 9.17) is 14.9 Å². The third-order valence-corrected chi connectivity index (χ3v) is 3.47. The van der Waals surface area contributed by atoms with E-state index in [1.54, 1.807) is 0 Å². The molecule has 4 nitrogen and oxygen atoms in total. The van der Waals surface area contributed by atoms with Crippen LogP contribution in [-0.4, -0.2) is 29.1 Å². The molecule has 0 saturated carbocycles. The largest absolute Gasteiger partial charge is 0.463 e. The number of carbonyl (C=O) groups is 1. The van der Waals surface area contributed by atoms with Crippen molar-refractivity contribution in [1.29, 1.82) is 0 Å². The third-order valence-electron chi connectivity index (χ3n) is 3.47. The van der Waals surface area contributed by atoms with Gasteiger partial charge in [-0.15, -0.1) is 0 Å². The lowest BCUT2D eigenvalue weighted by molar-refractivity contribution is -0.137. The van der Waals surface area contributed by atoms with Gasteiger partial charge in [0.25, 0.3) is 0 Å². The molecule has 2 N–H and O–H groups in total. The van der Waals surface area contributed by atoms with Crippen LogP contribution in [0, 0.1) is 0 Å². The minimum absolute atomic E-state index is 0.307. The minimum Gasteiger partial charge on any atom is -0.463 e. The fourth-order valence-corrected chi connectivity index (χ4v) is 2.04. The van der Waals surface area contributed by atoms with Crippen molar-refractivity contribution in [2.75, 3.05) is 6.61 Å². The lowest BCUT2D eigenvalue weighted by Gasteiger charge is -2.02. The van der Waals surface area contributed by atoms with Crippen LogP contribution in [0.15, 0.2) is 12.7 Å². The molecule has 0 aliphatic rings. The Morgan fingerprint density at radius 3 is 1.87 bits per heavy atom. The molecule has 23 heavy (non-hydrogen) atoms. The lowest BCUT2D eigenvalue weighted by Crippen LogP contribution is -2.02. The Morgan fingerprint density at radius 1 is 0.913 bits per heavy atom. The van der Waals surface area contributed by atoms with E-state index < -0.39 is 6.29 Å². The molecule has 0 bridgehead atoms. The summed E-state index contributed by atoms with van der Waals surface area (Å²) in [6.07, 6.45) is 13.9. The molecular weight excluding hydrogens is 292 g/mol. The number of aliphatic hydroxyl groups is 2. The molecule has 0 aromatic carbocycles. The van der Waals surface area contributed by atoms with E-state index in [1.807, 2.05) is 0 Å². The van der Waals surface area contributed by atoms with Crippen LogP contribution in [0.5, 0.6) is 0 Å². The molecule has 0 aromatic heterocycles. The zero-order valence-corrected chi connectivity index (χ0v) is 15.3. The maximum atomic E-state index is 10.7. The Kier molecular flexibility index (Phi) is 22.4. The van der Waals surface area contributed by atoms with Crippen molar-refractivity contribution in [2.24, 2.45) is 0 Å². The summed E-state index contributed by atoms with van der Waals surface area (Å²) in [5, 5.41) is 16.7. The smallest absolute Gasteiger partial charge is 0.330 e. The van der Waals surface area contributed by atoms with Crippen molar-refractivity contribution < 1.29 is 19.7 Å². The topological polar surface area (TPSA) is 66.8 Å². The molecule has 0 saturated heterocycles. The SMILES string of the molecule is C=CC(=O)OCCCCCCCCCC.CCCCCC(O)O. The predicted molar refractivity (Wildman–Crippen MR) is 96.1 cm³/mol. The van der Waals surface area contributed by atoms with Crippen LogP contribution in [0.25, 0.3) is 0 Å². The number of unbranched alkanes of at least 4 members (excludes halogenated alkanes) is 9. The number of carbonyl (C=O) groups excluding carboxylic acids is 1. The second kappa shape index (κ2) is 21.1. The highest BCUT2D eigenvalue weighted by atomic mass is 16.5. The van der Waals surface area contributed by atoms with Crippen molar-refractivity contribution in [1.82, 2.24) is 0 Å². The summed E-state index contributed by atoms with van der Waals surface area (Å²) in [7, 11) is 0. The first-order chi connectivity index (χ1) is 11.1. The summed E-state index contributed by atoms with van der Waals surface area (Å²) in [5.74, 6) is -0.307. The predicted octanol–water partition coefficient (Wildman–Crippen LogP) is 4.73. The van der Waals surface area contributed by atoms with E-state index >= 15 is 0 Å². The van der Waals surface area contributed by atoms with Gasteiger partial charge in [-0.2, -0.15) is 0 Å². The molecule has 138 valence electrons. The molecule has 0 spiro atoms. The highest BCUT2D eigenvalue weighted by Crippen LogP contribution is 2.08. The molecular formula is C19H38O4. The number of rotatable bonds is 14. The van der Waals surface area contributed by atoms with Gasteiger partial charge in [-0.25, -0.2) is 4.79 Å². The van der Waals surface area contributed by atoms with Crippen LogP contribution in [0.4, 0.5) is 0 Å². The first-order valence-electron chi connectivity index (χ1n) is 9.23. The molecule has 0 fully saturated rings. The Hall–Kier alpha value is -0.870. The molecule has 0 atom stereocenters. The molecule has 4 heteroatoms. The van der Waals surface area contributed by atoms with Gasteiger partial charge < -0.3 is 14.9 Å². The number of ether oxygens (including phenoxy) is 1. The van der Waals surface area contributed by atoms with Crippen molar-refractivity contribution in [3.63, 3.8) is 0 Å². The summed E-state index contributed by atoms with van der Waals surface area (Å²) in [6, 6.07) is 0. The zero-order chi connectivity index (χ0) is 17.8. The van der Waals surface area contributed by atoms with E-state index in [9.17, 15) is 4.79 Å². The van der Waals surface area contributed by atoms with E-state index in [1.165, 1.54) is 44.6 Å². The van der Waals surface area contributed by atoms with Crippen LogP contribution in [0.2, 0.25) is 0 Å². The van der Waals surface area contributed by atoms with Crippen LogP contribution < -0.4 is 0 Å². The minimum atomic E-state index is -1.10. The van der Waals surface area contributed by atoms with Crippen molar-refractivity contribution >= 4 is 5.97 Å².